The highest BCUT2D eigenvalue weighted by Crippen LogP contribution is 2.39. The number of piperazine rings is 2. The fraction of sp³-hybridized carbons (Fsp3) is 0.492. The van der Waals surface area contributed by atoms with Crippen LogP contribution in [0.3, 0.4) is 0 Å². The van der Waals surface area contributed by atoms with Crippen molar-refractivity contribution in [3.63, 3.8) is 0 Å². The maximum atomic E-state index is 14.1. The highest BCUT2D eigenvalue weighted by molar-refractivity contribution is 7.89. The molecule has 0 bridgehead atoms. The zero-order valence-electron chi connectivity index (χ0n) is 46.4. The van der Waals surface area contributed by atoms with Crippen LogP contribution in [0.25, 0.3) is 0 Å². The number of thiazole rings is 2. The molecule has 4 heterocycles. The Bertz CT molecular complexity index is 3020. The highest BCUT2D eigenvalue weighted by Gasteiger charge is 2.36. The lowest BCUT2D eigenvalue weighted by atomic mass is 9.89. The summed E-state index contributed by atoms with van der Waals surface area (Å²) in [5, 5.41) is 6.83. The van der Waals surface area contributed by atoms with Gasteiger partial charge in [-0.05, 0) is 104 Å². The molecule has 16 heteroatoms. The lowest BCUT2D eigenvalue weighted by molar-refractivity contribution is 0.383. The van der Waals surface area contributed by atoms with E-state index in [-0.39, 0.29) is 23.7 Å². The van der Waals surface area contributed by atoms with Gasteiger partial charge in [-0.25, -0.2) is 26.8 Å². The molecular weight excluding hydrogens is 1040 g/mol. The molecule has 0 unspecified atom stereocenters. The topological polar surface area (TPSA) is 116 Å². The van der Waals surface area contributed by atoms with E-state index in [0.717, 1.165) is 67.5 Å². The molecule has 8 rings (SSSR count). The van der Waals surface area contributed by atoms with E-state index in [2.05, 4.69) is 140 Å². The number of rotatable bonds is 17. The van der Waals surface area contributed by atoms with E-state index in [9.17, 15) is 16.8 Å². The fourth-order valence-electron chi connectivity index (χ4n) is 9.68. The average molecular weight is 1120 g/mol. The Morgan fingerprint density at radius 3 is 1.11 bits per heavy atom. The average Bonchev–Trinajstić information content (AvgIpc) is 4.06. The number of aromatic nitrogens is 2. The van der Waals surface area contributed by atoms with Gasteiger partial charge in [-0.1, -0.05) is 143 Å². The van der Waals surface area contributed by atoms with Crippen molar-refractivity contribution in [2.75, 3.05) is 69.3 Å². The molecule has 0 saturated carbocycles. The third-order valence-corrected chi connectivity index (χ3v) is 20.5. The largest absolute Gasteiger partial charge is 0.497 e. The standard InChI is InChI=1S/C30H41N3O3S2.C29H38ClN3O2S2/c1-20(2)24-17-27(21(3)4)29(28(18-24)22(5)6)38(34,35)33-14-12-32(13-15-33)30-31-25(19-37-30)16-23-8-10-26(36-7)11-9-23;1-19(2)23-16-26(20(3)4)28(27(17-23)21(5)6)37(34,35)33-13-11-32(12-14-33)29-31-25(18-36-29)15-22-7-9-24(30)10-8-22/h8-11,17-22H,12-16H2,1-7H3;7-10,16-21H,11-15H2,1-6H3. The van der Waals surface area contributed by atoms with Crippen molar-refractivity contribution < 1.29 is 21.6 Å². The summed E-state index contributed by atoms with van der Waals surface area (Å²) in [5.41, 5.74) is 10.5. The van der Waals surface area contributed by atoms with E-state index in [1.165, 1.54) is 22.3 Å². The van der Waals surface area contributed by atoms with Gasteiger partial charge in [0, 0.05) is 81.0 Å². The number of anilines is 2. The number of sulfonamides is 2. The molecule has 11 nitrogen and oxygen atoms in total. The molecule has 0 N–H and O–H groups in total. The summed E-state index contributed by atoms with van der Waals surface area (Å²) in [6.07, 6.45) is 1.52. The summed E-state index contributed by atoms with van der Waals surface area (Å²) in [4.78, 5) is 15.2. The van der Waals surface area contributed by atoms with Crippen molar-refractivity contribution in [1.29, 1.82) is 0 Å². The van der Waals surface area contributed by atoms with Gasteiger partial charge in [0.25, 0.3) is 0 Å². The molecule has 0 aliphatic carbocycles. The lowest BCUT2D eigenvalue weighted by Crippen LogP contribution is -2.49. The van der Waals surface area contributed by atoms with Crippen molar-refractivity contribution in [2.24, 2.45) is 0 Å². The van der Waals surface area contributed by atoms with Crippen LogP contribution in [0, 0.1) is 0 Å². The number of benzene rings is 4. The van der Waals surface area contributed by atoms with E-state index in [4.69, 9.17) is 26.3 Å². The first-order chi connectivity index (χ1) is 35.5. The van der Waals surface area contributed by atoms with E-state index >= 15 is 0 Å². The molecule has 6 aromatic rings. The van der Waals surface area contributed by atoms with Crippen molar-refractivity contribution >= 4 is 64.6 Å². The van der Waals surface area contributed by atoms with Gasteiger partial charge in [-0.3, -0.25) is 0 Å². The third kappa shape index (κ3) is 13.9. The van der Waals surface area contributed by atoms with E-state index in [1.54, 1.807) is 38.4 Å². The number of hydrogen-bond donors (Lipinski definition) is 0. The maximum Gasteiger partial charge on any atom is 0.243 e. The smallest absolute Gasteiger partial charge is 0.243 e. The molecule has 2 fully saturated rings. The summed E-state index contributed by atoms with van der Waals surface area (Å²) in [5.74, 6) is 2.02. The molecule has 0 radical (unpaired) electrons. The molecule has 2 aliphatic heterocycles. The van der Waals surface area contributed by atoms with E-state index < -0.39 is 20.0 Å². The Labute approximate surface area is 462 Å². The number of nitrogens with zero attached hydrogens (tertiary/aromatic N) is 6. The highest BCUT2D eigenvalue weighted by atomic mass is 35.5. The monoisotopic (exact) mass is 1110 g/mol. The number of halogens is 1. The first-order valence-electron chi connectivity index (χ1n) is 26.6. The van der Waals surface area contributed by atoms with Crippen LogP contribution in [-0.2, 0) is 32.9 Å². The van der Waals surface area contributed by atoms with Crippen LogP contribution in [0.2, 0.25) is 5.02 Å². The quantitative estimate of drug-likeness (QED) is 0.0880. The van der Waals surface area contributed by atoms with Crippen LogP contribution in [0.4, 0.5) is 10.3 Å². The van der Waals surface area contributed by atoms with Crippen LogP contribution < -0.4 is 14.5 Å². The zero-order valence-corrected chi connectivity index (χ0v) is 50.4. The predicted octanol–water partition coefficient (Wildman–Crippen LogP) is 13.9. The van der Waals surface area contributed by atoms with E-state index in [1.807, 2.05) is 36.4 Å². The van der Waals surface area contributed by atoms with Gasteiger partial charge in [0.05, 0.1) is 28.3 Å². The van der Waals surface area contributed by atoms with Crippen LogP contribution in [-0.4, -0.2) is 94.9 Å². The number of hydrogen-bond acceptors (Lipinski definition) is 11. The molecule has 2 aromatic heterocycles. The van der Waals surface area contributed by atoms with Gasteiger partial charge in [0.1, 0.15) is 5.75 Å². The van der Waals surface area contributed by atoms with Crippen molar-refractivity contribution in [1.82, 2.24) is 18.6 Å². The van der Waals surface area contributed by atoms with Crippen LogP contribution in [0.15, 0.2) is 93.3 Å². The zero-order chi connectivity index (χ0) is 54.5. The van der Waals surface area contributed by atoms with Crippen molar-refractivity contribution in [2.45, 2.75) is 141 Å². The summed E-state index contributed by atoms with van der Waals surface area (Å²) >= 11 is 9.25. The first kappa shape index (κ1) is 58.3. The van der Waals surface area contributed by atoms with Crippen LogP contribution in [0.5, 0.6) is 5.75 Å². The Morgan fingerprint density at radius 1 is 0.493 bits per heavy atom. The number of methoxy groups -OCH3 is 1. The molecule has 75 heavy (non-hydrogen) atoms. The lowest BCUT2D eigenvalue weighted by Gasteiger charge is -2.35. The SMILES string of the molecule is CC(C)c1cc(C(C)C)c(S(=O)(=O)N2CCN(c3nc(Cc4ccc(Cl)cc4)cs3)CC2)c(C(C)C)c1.COc1ccc(Cc2csc(N3CCN(S(=O)(=O)c4c(C(C)C)cc(C(C)C)cc4C(C)C)CC3)n2)cc1. The van der Waals surface area contributed by atoms with Gasteiger partial charge in [-0.15, -0.1) is 22.7 Å². The van der Waals surface area contributed by atoms with Gasteiger partial charge in [0.15, 0.2) is 10.3 Å². The van der Waals surface area contributed by atoms with Gasteiger partial charge in [-0.2, -0.15) is 8.61 Å². The Balaban J connectivity index is 0.000000219. The minimum absolute atomic E-state index is 0.122. The summed E-state index contributed by atoms with van der Waals surface area (Å²) in [6.45, 7) is 29.7. The van der Waals surface area contributed by atoms with Crippen LogP contribution >= 0.6 is 34.3 Å². The molecule has 0 atom stereocenters. The Hall–Kier alpha value is -4.35. The minimum atomic E-state index is -3.62. The van der Waals surface area contributed by atoms with E-state index in [0.29, 0.717) is 74.0 Å². The molecule has 406 valence electrons. The second-order valence-corrected chi connectivity index (χ2v) is 27.7. The summed E-state index contributed by atoms with van der Waals surface area (Å²) in [6, 6.07) is 24.4. The molecule has 2 aliphatic rings. The summed E-state index contributed by atoms with van der Waals surface area (Å²) < 4.78 is 65.0. The van der Waals surface area contributed by atoms with Gasteiger partial charge < -0.3 is 14.5 Å². The molecular formula is C59H79ClN6O5S4. The minimum Gasteiger partial charge on any atom is -0.497 e. The maximum absolute atomic E-state index is 14.1. The predicted molar refractivity (Wildman–Crippen MR) is 314 cm³/mol. The first-order valence-corrected chi connectivity index (χ1v) is 31.6. The summed E-state index contributed by atoms with van der Waals surface area (Å²) in [7, 11) is -5.58. The molecule has 4 aromatic carbocycles. The molecule has 0 amide bonds. The van der Waals surface area contributed by atoms with Crippen LogP contribution in [0.1, 0.15) is 174 Å². The van der Waals surface area contributed by atoms with Crippen molar-refractivity contribution in [3.8, 4) is 5.75 Å². The second kappa shape index (κ2) is 25.0. The van der Waals surface area contributed by atoms with Crippen molar-refractivity contribution in [3.05, 3.63) is 144 Å². The number of ether oxygens (including phenoxy) is 1. The molecule has 2 saturated heterocycles. The Kier molecular flexibility index (Phi) is 19.4. The van der Waals surface area contributed by atoms with Gasteiger partial charge in [0.2, 0.25) is 20.0 Å². The fourth-order valence-corrected chi connectivity index (χ4v) is 15.7. The third-order valence-electron chi connectivity index (χ3n) is 14.3. The van der Waals surface area contributed by atoms with Gasteiger partial charge >= 0.3 is 0 Å². The molecule has 0 spiro atoms. The normalized spacial score (nSPS) is 15.3. The second-order valence-electron chi connectivity index (χ2n) is 21.8. The Morgan fingerprint density at radius 2 is 0.813 bits per heavy atom.